The van der Waals surface area contributed by atoms with E-state index in [9.17, 15) is 9.59 Å². The van der Waals surface area contributed by atoms with Crippen molar-refractivity contribution in [2.24, 2.45) is 0 Å². The van der Waals surface area contributed by atoms with Gasteiger partial charge in [-0.05, 0) is 44.9 Å². The molecule has 26 heavy (non-hydrogen) atoms. The van der Waals surface area contributed by atoms with Gasteiger partial charge >= 0.3 is 0 Å². The number of rotatable bonds is 11. The lowest BCUT2D eigenvalue weighted by Gasteiger charge is -2.28. The first-order chi connectivity index (χ1) is 12.4. The van der Waals surface area contributed by atoms with E-state index in [0.717, 1.165) is 17.7 Å². The Morgan fingerprint density at radius 3 is 2.35 bits per heavy atom. The van der Waals surface area contributed by atoms with Gasteiger partial charge in [0.1, 0.15) is 11.8 Å². The molecule has 0 radical (unpaired) electrons. The molecule has 0 aromatic heterocycles. The fraction of sp³-hybridized carbons (Fsp3) is 0.600. The van der Waals surface area contributed by atoms with Crippen LogP contribution >= 0.6 is 0 Å². The molecule has 0 spiro atoms. The number of methoxy groups -OCH3 is 1. The molecule has 1 aromatic carbocycles. The summed E-state index contributed by atoms with van der Waals surface area (Å²) in [5.41, 5.74) is 0.956. The number of hydrogen-bond donors (Lipinski definition) is 1. The maximum Gasteiger partial charge on any atom is 0.242 e. The zero-order valence-electron chi connectivity index (χ0n) is 16.6. The number of ether oxygens (including phenoxy) is 2. The van der Waals surface area contributed by atoms with Crippen molar-refractivity contribution in [3.05, 3.63) is 29.8 Å². The second-order valence-corrected chi connectivity index (χ2v) is 6.46. The van der Waals surface area contributed by atoms with Gasteiger partial charge in [0.05, 0.1) is 13.2 Å². The van der Waals surface area contributed by atoms with Crippen molar-refractivity contribution in [2.75, 3.05) is 20.3 Å². The Balaban J connectivity index is 2.62. The zero-order chi connectivity index (χ0) is 19.5. The summed E-state index contributed by atoms with van der Waals surface area (Å²) >= 11 is 0. The highest BCUT2D eigenvalue weighted by Crippen LogP contribution is 2.15. The van der Waals surface area contributed by atoms with Gasteiger partial charge in [0.15, 0.2) is 0 Å². The normalized spacial score (nSPS) is 11.9. The molecule has 0 aliphatic heterocycles. The minimum absolute atomic E-state index is 0.0494. The third-order valence-corrected chi connectivity index (χ3v) is 4.05. The van der Waals surface area contributed by atoms with Gasteiger partial charge in [-0.3, -0.25) is 9.59 Å². The molecule has 0 aliphatic rings. The number of benzene rings is 1. The highest BCUT2D eigenvalue weighted by Gasteiger charge is 2.24. The summed E-state index contributed by atoms with van der Waals surface area (Å²) in [6.45, 7) is 9.06. The van der Waals surface area contributed by atoms with Crippen LogP contribution in [0.2, 0.25) is 0 Å². The molecular weight excluding hydrogens is 332 g/mol. The summed E-state index contributed by atoms with van der Waals surface area (Å²) in [7, 11) is 1.61. The Labute approximate surface area is 156 Å². The van der Waals surface area contributed by atoms with Gasteiger partial charge in [-0.1, -0.05) is 19.1 Å². The highest BCUT2D eigenvalue weighted by molar-refractivity contribution is 5.87. The van der Waals surface area contributed by atoms with Crippen molar-refractivity contribution in [3.8, 4) is 5.75 Å². The van der Waals surface area contributed by atoms with Crippen molar-refractivity contribution in [2.45, 2.75) is 59.2 Å². The van der Waals surface area contributed by atoms with E-state index in [1.54, 1.807) is 25.9 Å². The molecule has 0 bridgehead atoms. The van der Waals surface area contributed by atoms with Crippen LogP contribution in [0.15, 0.2) is 24.3 Å². The maximum absolute atomic E-state index is 12.4. The SMILES string of the molecule is CCC(=O)N(Cc1ccc(OC)cc1)[C@@H](C)C(=O)NCCCOC(C)C. The van der Waals surface area contributed by atoms with Crippen LogP contribution in [0.4, 0.5) is 0 Å². The van der Waals surface area contributed by atoms with Gasteiger partial charge in [0, 0.05) is 26.1 Å². The second-order valence-electron chi connectivity index (χ2n) is 6.46. The lowest BCUT2D eigenvalue weighted by atomic mass is 10.1. The topological polar surface area (TPSA) is 67.9 Å². The van der Waals surface area contributed by atoms with Crippen molar-refractivity contribution in [1.82, 2.24) is 10.2 Å². The molecular formula is C20H32N2O4. The molecule has 6 nitrogen and oxygen atoms in total. The number of carbonyl (C=O) groups is 2. The van der Waals surface area contributed by atoms with E-state index in [1.165, 1.54) is 0 Å². The first-order valence-electron chi connectivity index (χ1n) is 9.20. The first kappa shape index (κ1) is 22.0. The third-order valence-electron chi connectivity index (χ3n) is 4.05. The molecule has 1 N–H and O–H groups in total. The van der Waals surface area contributed by atoms with E-state index in [-0.39, 0.29) is 17.9 Å². The molecule has 1 aromatic rings. The second kappa shape index (κ2) is 11.5. The van der Waals surface area contributed by atoms with Gasteiger partial charge in [0.2, 0.25) is 11.8 Å². The minimum Gasteiger partial charge on any atom is -0.497 e. The Bertz CT molecular complexity index is 557. The molecule has 0 saturated carbocycles. The number of hydrogen-bond acceptors (Lipinski definition) is 4. The average Bonchev–Trinajstić information content (AvgIpc) is 2.64. The molecule has 146 valence electrons. The van der Waals surface area contributed by atoms with Gasteiger partial charge in [-0.15, -0.1) is 0 Å². The molecule has 0 heterocycles. The van der Waals surface area contributed by atoms with E-state index in [4.69, 9.17) is 9.47 Å². The molecule has 0 unspecified atom stereocenters. The molecule has 1 rings (SSSR count). The Kier molecular flexibility index (Phi) is 9.73. The van der Waals surface area contributed by atoms with E-state index in [0.29, 0.717) is 26.1 Å². The molecule has 1 atom stereocenters. The van der Waals surface area contributed by atoms with Crippen LogP contribution in [0.3, 0.4) is 0 Å². The number of amides is 2. The van der Waals surface area contributed by atoms with Crippen LogP contribution in [0.25, 0.3) is 0 Å². The molecule has 0 fully saturated rings. The van der Waals surface area contributed by atoms with Gasteiger partial charge in [-0.2, -0.15) is 0 Å². The molecule has 6 heteroatoms. The van der Waals surface area contributed by atoms with Crippen LogP contribution in [0, 0.1) is 0 Å². The summed E-state index contributed by atoms with van der Waals surface area (Å²) in [5, 5.41) is 2.89. The summed E-state index contributed by atoms with van der Waals surface area (Å²) in [6.07, 6.45) is 1.29. The number of carbonyl (C=O) groups excluding carboxylic acids is 2. The lowest BCUT2D eigenvalue weighted by Crippen LogP contribution is -2.47. The third kappa shape index (κ3) is 7.44. The Morgan fingerprint density at radius 1 is 1.15 bits per heavy atom. The van der Waals surface area contributed by atoms with Crippen LogP contribution in [0.5, 0.6) is 5.75 Å². The quantitative estimate of drug-likeness (QED) is 0.613. The molecule has 0 saturated heterocycles. The van der Waals surface area contributed by atoms with E-state index in [2.05, 4.69) is 5.32 Å². The van der Waals surface area contributed by atoms with Gasteiger partial charge in [0.25, 0.3) is 0 Å². The van der Waals surface area contributed by atoms with Crippen molar-refractivity contribution < 1.29 is 19.1 Å². The maximum atomic E-state index is 12.4. The monoisotopic (exact) mass is 364 g/mol. The fourth-order valence-electron chi connectivity index (χ4n) is 2.46. The van der Waals surface area contributed by atoms with E-state index in [1.807, 2.05) is 38.1 Å². The largest absolute Gasteiger partial charge is 0.497 e. The number of nitrogens with one attached hydrogen (secondary N) is 1. The Morgan fingerprint density at radius 2 is 1.81 bits per heavy atom. The number of nitrogens with zero attached hydrogens (tertiary/aromatic N) is 1. The first-order valence-corrected chi connectivity index (χ1v) is 9.20. The standard InChI is InChI=1S/C20H32N2O4/c1-6-19(23)22(14-17-8-10-18(25-5)11-9-17)16(4)20(24)21-12-7-13-26-15(2)3/h8-11,15-16H,6-7,12-14H2,1-5H3,(H,21,24)/t16-/m0/s1. The van der Waals surface area contributed by atoms with Gasteiger partial charge in [-0.25, -0.2) is 0 Å². The van der Waals surface area contributed by atoms with Crippen molar-refractivity contribution in [1.29, 1.82) is 0 Å². The van der Waals surface area contributed by atoms with Crippen LogP contribution < -0.4 is 10.1 Å². The molecule has 2 amide bonds. The highest BCUT2D eigenvalue weighted by atomic mass is 16.5. The van der Waals surface area contributed by atoms with Gasteiger partial charge < -0.3 is 19.7 Å². The molecule has 0 aliphatic carbocycles. The van der Waals surface area contributed by atoms with E-state index < -0.39 is 6.04 Å². The summed E-state index contributed by atoms with van der Waals surface area (Å²) in [4.78, 5) is 26.4. The average molecular weight is 364 g/mol. The van der Waals surface area contributed by atoms with Crippen molar-refractivity contribution >= 4 is 11.8 Å². The van der Waals surface area contributed by atoms with E-state index >= 15 is 0 Å². The van der Waals surface area contributed by atoms with Crippen LogP contribution in [0.1, 0.15) is 46.1 Å². The van der Waals surface area contributed by atoms with Crippen molar-refractivity contribution in [3.63, 3.8) is 0 Å². The summed E-state index contributed by atoms with van der Waals surface area (Å²) in [6, 6.07) is 6.98. The Hall–Kier alpha value is -2.08. The lowest BCUT2D eigenvalue weighted by molar-refractivity contribution is -0.140. The zero-order valence-corrected chi connectivity index (χ0v) is 16.6. The predicted octanol–water partition coefficient (Wildman–Crippen LogP) is 2.75. The minimum atomic E-state index is -0.532. The van der Waals surface area contributed by atoms with Crippen LogP contribution in [-0.4, -0.2) is 49.1 Å². The fourth-order valence-corrected chi connectivity index (χ4v) is 2.46. The summed E-state index contributed by atoms with van der Waals surface area (Å²) in [5.74, 6) is 0.563. The predicted molar refractivity (Wildman–Crippen MR) is 102 cm³/mol. The van der Waals surface area contributed by atoms with Crippen LogP contribution in [-0.2, 0) is 20.9 Å². The summed E-state index contributed by atoms with van der Waals surface area (Å²) < 4.78 is 10.6. The smallest absolute Gasteiger partial charge is 0.242 e.